The molecular weight excluding hydrogens is 769 g/mol. The van der Waals surface area contributed by atoms with Crippen LogP contribution >= 0.6 is 22.7 Å². The normalized spacial score (nSPS) is 15.9. The van der Waals surface area contributed by atoms with Gasteiger partial charge in [0, 0.05) is 42.5 Å². The molecule has 1 saturated heterocycles. The molecule has 58 heavy (non-hydrogen) atoms. The van der Waals surface area contributed by atoms with Crippen molar-refractivity contribution in [3.63, 3.8) is 0 Å². The first-order chi connectivity index (χ1) is 28.3. The maximum absolute atomic E-state index is 13.8. The van der Waals surface area contributed by atoms with Crippen LogP contribution in [0.15, 0.2) is 95.1 Å². The minimum Gasteiger partial charge on any atom is -0.506 e. The van der Waals surface area contributed by atoms with Crippen LogP contribution in [0.5, 0.6) is 5.75 Å². The summed E-state index contributed by atoms with van der Waals surface area (Å²) in [6.45, 7) is 4.81. The number of aromatic amines is 1. The van der Waals surface area contributed by atoms with E-state index in [9.17, 15) is 19.8 Å². The number of likely N-dealkylation sites (tertiary alicyclic amines) is 1. The van der Waals surface area contributed by atoms with Gasteiger partial charge < -0.3 is 30.2 Å². The lowest BCUT2D eigenvalue weighted by Gasteiger charge is -2.33. The number of hydrogen-bond acceptors (Lipinski definition) is 11. The second-order valence-electron chi connectivity index (χ2n) is 15.3. The van der Waals surface area contributed by atoms with Gasteiger partial charge in [0.2, 0.25) is 11.2 Å². The molecule has 0 radical (unpaired) electrons. The number of aliphatic hydroxyl groups is 1. The minimum absolute atomic E-state index is 0.0788. The smallest absolute Gasteiger partial charge is 0.349 e. The predicted molar refractivity (Wildman–Crippen MR) is 228 cm³/mol. The number of rotatable bonds is 14. The zero-order chi connectivity index (χ0) is 39.6. The van der Waals surface area contributed by atoms with Crippen LogP contribution in [-0.2, 0) is 47.5 Å². The Morgan fingerprint density at radius 1 is 0.948 bits per heavy atom. The molecule has 1 atom stereocenters. The first-order valence-electron chi connectivity index (χ1n) is 20.1. The van der Waals surface area contributed by atoms with Gasteiger partial charge in [0.05, 0.1) is 20.8 Å². The Labute approximate surface area is 343 Å². The number of pyridine rings is 1. The van der Waals surface area contributed by atoms with E-state index in [0.29, 0.717) is 15.3 Å². The van der Waals surface area contributed by atoms with Gasteiger partial charge in [0.15, 0.2) is 0 Å². The summed E-state index contributed by atoms with van der Waals surface area (Å²) in [6, 6.07) is 26.5. The Bertz CT molecular complexity index is 2610. The number of nitrogens with zero attached hydrogens (tertiary/aromatic N) is 4. The molecule has 0 unspecified atom stereocenters. The fourth-order valence-electron chi connectivity index (χ4n) is 8.65. The number of piperidine rings is 1. The zero-order valence-corrected chi connectivity index (χ0v) is 33.8. The van der Waals surface area contributed by atoms with Crippen LogP contribution < -0.4 is 10.9 Å². The lowest BCUT2D eigenvalue weighted by Crippen LogP contribution is -2.43. The van der Waals surface area contributed by atoms with Crippen molar-refractivity contribution in [2.24, 2.45) is 0 Å². The topological polar surface area (TPSA) is 146 Å². The molecule has 2 aliphatic rings. The zero-order valence-electron chi connectivity index (χ0n) is 32.2. The van der Waals surface area contributed by atoms with Gasteiger partial charge in [-0.15, -0.1) is 27.8 Å². The molecule has 298 valence electrons. The molecule has 1 fully saturated rings. The van der Waals surface area contributed by atoms with E-state index in [1.807, 2.05) is 60.0 Å². The molecule has 0 spiro atoms. The summed E-state index contributed by atoms with van der Waals surface area (Å²) in [5, 5.41) is 37.9. The van der Waals surface area contributed by atoms with Crippen molar-refractivity contribution in [1.29, 1.82) is 0 Å². The van der Waals surface area contributed by atoms with Gasteiger partial charge in [0.1, 0.15) is 17.4 Å². The lowest BCUT2D eigenvalue weighted by atomic mass is 9.99. The highest BCUT2D eigenvalue weighted by Gasteiger charge is 2.45. The number of aryl methyl sites for hydroxylation is 2. The van der Waals surface area contributed by atoms with Crippen molar-refractivity contribution in [3.05, 3.63) is 133 Å². The number of benzene rings is 3. The summed E-state index contributed by atoms with van der Waals surface area (Å²) in [5.74, 6) is -0.531. The number of phenolic OH excluding ortho intramolecular Hbond substituents is 1. The fraction of sp³-hybridized carbons (Fsp3) is 0.333. The molecular formula is C45H46N6O5S2. The second-order valence-corrected chi connectivity index (χ2v) is 17.4. The van der Waals surface area contributed by atoms with E-state index >= 15 is 0 Å². The molecule has 0 amide bonds. The third-order valence-electron chi connectivity index (χ3n) is 11.7. The quantitative estimate of drug-likeness (QED) is 0.0679. The Morgan fingerprint density at radius 3 is 2.62 bits per heavy atom. The van der Waals surface area contributed by atoms with Gasteiger partial charge in [-0.25, -0.2) is 9.48 Å². The van der Waals surface area contributed by atoms with Gasteiger partial charge in [-0.2, -0.15) is 0 Å². The first-order valence-corrected chi connectivity index (χ1v) is 21.8. The summed E-state index contributed by atoms with van der Waals surface area (Å²) in [7, 11) is 0. The Kier molecular flexibility index (Phi) is 11.0. The second kappa shape index (κ2) is 16.6. The Morgan fingerprint density at radius 2 is 1.79 bits per heavy atom. The van der Waals surface area contributed by atoms with E-state index in [2.05, 4.69) is 36.3 Å². The fourth-order valence-corrected chi connectivity index (χ4v) is 10.6. The maximum atomic E-state index is 13.8. The van der Waals surface area contributed by atoms with Crippen molar-refractivity contribution < 1.29 is 19.7 Å². The highest BCUT2D eigenvalue weighted by atomic mass is 32.1. The molecule has 13 heteroatoms. The van der Waals surface area contributed by atoms with Gasteiger partial charge in [-0.3, -0.25) is 4.79 Å². The molecule has 1 aliphatic carbocycles. The van der Waals surface area contributed by atoms with Crippen LogP contribution in [0, 0.1) is 0 Å². The number of fused-ring (bicyclic) bond motifs is 4. The van der Waals surface area contributed by atoms with E-state index in [1.165, 1.54) is 45.4 Å². The van der Waals surface area contributed by atoms with Crippen LogP contribution in [0.4, 0.5) is 0 Å². The number of aromatic nitrogens is 4. The van der Waals surface area contributed by atoms with E-state index in [-0.39, 0.29) is 17.4 Å². The summed E-state index contributed by atoms with van der Waals surface area (Å²) < 4.78 is 8.18. The third kappa shape index (κ3) is 7.60. The van der Waals surface area contributed by atoms with E-state index in [4.69, 9.17) is 4.74 Å². The number of esters is 1. The molecule has 3 aromatic carbocycles. The number of H-pyrrole nitrogens is 1. The van der Waals surface area contributed by atoms with Gasteiger partial charge in [-0.05, 0) is 128 Å². The van der Waals surface area contributed by atoms with E-state index < -0.39 is 11.6 Å². The number of aromatic hydroxyl groups is 1. The van der Waals surface area contributed by atoms with Crippen molar-refractivity contribution in [1.82, 2.24) is 30.2 Å². The highest BCUT2D eigenvalue weighted by Crippen LogP contribution is 2.41. The van der Waals surface area contributed by atoms with Crippen LogP contribution in [0.2, 0.25) is 0 Å². The minimum atomic E-state index is -1.85. The Hall–Kier alpha value is -5.18. The number of carbonyl (C=O) groups is 1. The number of nitrogens with one attached hydrogen (secondary N) is 2. The molecule has 1 aliphatic heterocycles. The average Bonchev–Trinajstić information content (AvgIpc) is 4.09. The van der Waals surface area contributed by atoms with Gasteiger partial charge in [-0.1, -0.05) is 47.7 Å². The highest BCUT2D eigenvalue weighted by molar-refractivity contribution is 7.16. The van der Waals surface area contributed by atoms with Crippen molar-refractivity contribution in [2.45, 2.75) is 69.7 Å². The molecule has 11 nitrogen and oxygen atoms in total. The van der Waals surface area contributed by atoms with Crippen molar-refractivity contribution in [3.8, 4) is 16.2 Å². The molecule has 4 N–H and O–H groups in total. The van der Waals surface area contributed by atoms with Gasteiger partial charge in [0.25, 0.3) is 0 Å². The predicted octanol–water partition coefficient (Wildman–Crippen LogP) is 6.92. The standard InChI is InChI=1S/C45H46N6O5S2/c52-37-14-12-29(34-13-17-41(53)47-42(34)37)18-21-46-28-31-27-36-43(35-10-4-9-33(31)35)51(49-48-36)23-6-22-50-24-19-32(20-25-50)56-44(54)45(55,39-11-5-26-57-39)40-16-15-38(58-40)30-7-2-1-3-8-30/h1-3,5,7-8,11-17,26-27,32,46,52,55H,4,6,9-10,18-25,28H2,(H,47,53)/t45-/m1/s1. The molecule has 4 aromatic heterocycles. The van der Waals surface area contributed by atoms with Crippen molar-refractivity contribution >= 4 is 50.6 Å². The van der Waals surface area contributed by atoms with Crippen molar-refractivity contribution in [2.75, 3.05) is 26.2 Å². The molecule has 7 aromatic rings. The van der Waals surface area contributed by atoms with Crippen LogP contribution in [0.25, 0.3) is 32.4 Å². The van der Waals surface area contributed by atoms with E-state index in [0.717, 1.165) is 117 Å². The number of carbonyl (C=O) groups excluding carboxylic acids is 1. The summed E-state index contributed by atoms with van der Waals surface area (Å²) >= 11 is 2.78. The van der Waals surface area contributed by atoms with Crippen LogP contribution in [0.3, 0.4) is 0 Å². The summed E-state index contributed by atoms with van der Waals surface area (Å²) in [5.41, 5.74) is 6.67. The SMILES string of the molecule is O=C(OC1CCN(CCCn2nnc3cc(CNCCc4ccc(O)c5[nH]c(=O)ccc45)c4c(c32)CCC4)CC1)[C@@](O)(c1cccs1)c1ccc(-c2ccccc2)s1. The number of phenols is 1. The summed E-state index contributed by atoms with van der Waals surface area (Å²) in [4.78, 5) is 32.9. The maximum Gasteiger partial charge on any atom is 0.349 e. The molecule has 0 bridgehead atoms. The number of thiophene rings is 2. The van der Waals surface area contributed by atoms with Crippen LogP contribution in [-0.4, -0.2) is 73.3 Å². The van der Waals surface area contributed by atoms with E-state index in [1.54, 1.807) is 18.2 Å². The monoisotopic (exact) mass is 814 g/mol. The van der Waals surface area contributed by atoms with Crippen LogP contribution in [0.1, 0.15) is 57.7 Å². The Balaban J connectivity index is 0.782. The number of ether oxygens (including phenoxy) is 1. The molecule has 0 saturated carbocycles. The summed E-state index contributed by atoms with van der Waals surface area (Å²) in [6.07, 6.45) is 6.07. The van der Waals surface area contributed by atoms with Gasteiger partial charge >= 0.3 is 5.97 Å². The lowest BCUT2D eigenvalue weighted by molar-refractivity contribution is -0.169. The largest absolute Gasteiger partial charge is 0.506 e. The average molecular weight is 815 g/mol. The molecule has 9 rings (SSSR count). The molecule has 5 heterocycles. The number of hydrogen-bond donors (Lipinski definition) is 4. The third-order valence-corrected chi connectivity index (χ3v) is 13.9. The first kappa shape index (κ1) is 38.3.